The monoisotopic (exact) mass is 380 g/mol. The van der Waals surface area contributed by atoms with Crippen molar-refractivity contribution >= 4 is 11.0 Å². The molecule has 0 aliphatic carbocycles. The Hall–Kier alpha value is -2.99. The summed E-state index contributed by atoms with van der Waals surface area (Å²) in [6.45, 7) is 8.26. The Balaban J connectivity index is 1.48. The fourth-order valence-electron chi connectivity index (χ4n) is 4.07. The van der Waals surface area contributed by atoms with E-state index in [-0.39, 0.29) is 12.4 Å². The van der Waals surface area contributed by atoms with Crippen molar-refractivity contribution in [2.45, 2.75) is 33.9 Å². The second-order valence-corrected chi connectivity index (χ2v) is 7.59. The highest BCUT2D eigenvalue weighted by molar-refractivity contribution is 5.86. The summed E-state index contributed by atoms with van der Waals surface area (Å²) in [5.41, 5.74) is 5.21. The Morgan fingerprint density at radius 1 is 0.964 bits per heavy atom. The number of hydrogen-bond acceptors (Lipinski definition) is 5. The van der Waals surface area contributed by atoms with Gasteiger partial charge in [-0.25, -0.2) is 4.79 Å². The fraction of sp³-hybridized carbons (Fsp3) is 0.318. The first-order chi connectivity index (χ1) is 13.5. The molecule has 0 fully saturated rings. The maximum Gasteiger partial charge on any atom is 0.339 e. The summed E-state index contributed by atoms with van der Waals surface area (Å²) in [6.07, 6.45) is 0. The van der Waals surface area contributed by atoms with E-state index >= 15 is 0 Å². The van der Waals surface area contributed by atoms with E-state index < -0.39 is 0 Å². The third-order valence-electron chi connectivity index (χ3n) is 5.76. The highest BCUT2D eigenvalue weighted by Gasteiger charge is 2.26. The minimum Gasteiger partial charge on any atom is -0.454 e. The molecule has 1 unspecified atom stereocenters. The van der Waals surface area contributed by atoms with Crippen LogP contribution in [0, 0.1) is 20.8 Å². The molecular weight excluding hydrogens is 358 g/mol. The normalized spacial score (nSPS) is 17.5. The van der Waals surface area contributed by atoms with E-state index in [4.69, 9.17) is 18.6 Å². The number of benzene rings is 2. The van der Waals surface area contributed by atoms with E-state index in [1.165, 1.54) is 10.5 Å². The van der Waals surface area contributed by atoms with Gasteiger partial charge in [-0.1, -0.05) is 0 Å². The van der Waals surface area contributed by atoms with Crippen LogP contribution in [0.2, 0.25) is 0 Å². The number of quaternary nitrogens is 1. The topological polar surface area (TPSA) is 62.3 Å². The Morgan fingerprint density at radius 3 is 2.64 bits per heavy atom. The number of fused-ring (bicyclic) bond motifs is 3. The molecule has 6 nitrogen and oxygen atoms in total. The predicted octanol–water partition coefficient (Wildman–Crippen LogP) is 2.38. The van der Waals surface area contributed by atoms with Gasteiger partial charge >= 0.3 is 5.63 Å². The minimum atomic E-state index is -0.279. The molecule has 5 rings (SSSR count). The lowest BCUT2D eigenvalue weighted by Crippen LogP contribution is -3.10. The maximum absolute atomic E-state index is 12.1. The minimum absolute atomic E-state index is 0.279. The Morgan fingerprint density at radius 2 is 1.79 bits per heavy atom. The van der Waals surface area contributed by atoms with E-state index in [1.807, 2.05) is 32.9 Å². The third kappa shape index (κ3) is 2.64. The molecule has 0 radical (unpaired) electrons. The summed E-state index contributed by atoms with van der Waals surface area (Å²) in [6, 6.07) is 8.19. The lowest BCUT2D eigenvalue weighted by Gasteiger charge is -2.28. The highest BCUT2D eigenvalue weighted by Crippen LogP contribution is 2.34. The van der Waals surface area contributed by atoms with Crippen molar-refractivity contribution in [3.63, 3.8) is 0 Å². The van der Waals surface area contributed by atoms with E-state index in [1.54, 1.807) is 0 Å². The Labute approximate surface area is 162 Å². The van der Waals surface area contributed by atoms with E-state index in [9.17, 15) is 4.79 Å². The van der Waals surface area contributed by atoms with Crippen LogP contribution in [-0.4, -0.2) is 13.5 Å². The van der Waals surface area contributed by atoms with Gasteiger partial charge in [0.25, 0.3) is 0 Å². The molecule has 1 N–H and O–H groups in total. The first-order valence-electron chi connectivity index (χ1n) is 9.42. The summed E-state index contributed by atoms with van der Waals surface area (Å²) in [5.74, 6) is 2.44. The number of ether oxygens (including phenoxy) is 3. The molecule has 28 heavy (non-hydrogen) atoms. The predicted molar refractivity (Wildman–Crippen MR) is 103 cm³/mol. The van der Waals surface area contributed by atoms with Crippen molar-refractivity contribution < 1.29 is 23.5 Å². The van der Waals surface area contributed by atoms with Gasteiger partial charge in [0.2, 0.25) is 13.5 Å². The van der Waals surface area contributed by atoms with Gasteiger partial charge in [0.1, 0.15) is 24.4 Å². The molecule has 1 aromatic heterocycles. The van der Waals surface area contributed by atoms with Crippen molar-refractivity contribution in [3.8, 4) is 17.2 Å². The van der Waals surface area contributed by atoms with Crippen molar-refractivity contribution in [2.24, 2.45) is 0 Å². The van der Waals surface area contributed by atoms with Gasteiger partial charge in [-0.3, -0.25) is 4.90 Å². The lowest BCUT2D eigenvalue weighted by molar-refractivity contribution is -0.945. The lowest BCUT2D eigenvalue weighted by atomic mass is 9.99. The average Bonchev–Trinajstić information content (AvgIpc) is 3.15. The van der Waals surface area contributed by atoms with Crippen LogP contribution >= 0.6 is 0 Å². The first kappa shape index (κ1) is 17.1. The van der Waals surface area contributed by atoms with E-state index in [2.05, 4.69) is 12.1 Å². The Bertz CT molecular complexity index is 1160. The first-order valence-corrected chi connectivity index (χ1v) is 9.42. The van der Waals surface area contributed by atoms with Gasteiger partial charge in [0.15, 0.2) is 11.5 Å². The average molecular weight is 380 g/mol. The van der Waals surface area contributed by atoms with Gasteiger partial charge in [0, 0.05) is 27.6 Å². The standard InChI is InChI=1S/C22H21NO5/c1-12-13(2)22(24)28-21-14(3)20-16(7-17(12)21)9-23(10-25-20)8-15-4-5-18-19(6-15)27-11-26-18/h4-7H,8-11H2,1-3H3/p+1. The SMILES string of the molecule is Cc1c(C)c2cc3c(c(C)c2oc1=O)OC[NH+](Cc1ccc2c(c1)OCO2)C3. The summed E-state index contributed by atoms with van der Waals surface area (Å²) in [4.78, 5) is 13.4. The summed E-state index contributed by atoms with van der Waals surface area (Å²) in [5, 5.41) is 0.987. The number of rotatable bonds is 2. The highest BCUT2D eigenvalue weighted by atomic mass is 16.7. The molecule has 144 valence electrons. The van der Waals surface area contributed by atoms with E-state index in [0.717, 1.165) is 52.4 Å². The fourth-order valence-corrected chi connectivity index (χ4v) is 4.07. The van der Waals surface area contributed by atoms with Crippen molar-refractivity contribution in [1.82, 2.24) is 0 Å². The van der Waals surface area contributed by atoms with E-state index in [0.29, 0.717) is 17.9 Å². The van der Waals surface area contributed by atoms with Gasteiger partial charge in [0.05, 0.1) is 0 Å². The van der Waals surface area contributed by atoms with Crippen LogP contribution < -0.4 is 24.7 Å². The van der Waals surface area contributed by atoms with Crippen LogP contribution in [0.25, 0.3) is 11.0 Å². The van der Waals surface area contributed by atoms with Crippen LogP contribution in [-0.2, 0) is 13.1 Å². The molecule has 0 saturated heterocycles. The smallest absolute Gasteiger partial charge is 0.339 e. The molecule has 2 aliphatic heterocycles. The molecule has 2 aliphatic rings. The van der Waals surface area contributed by atoms with Crippen LogP contribution in [0.15, 0.2) is 33.5 Å². The molecule has 0 spiro atoms. The summed E-state index contributed by atoms with van der Waals surface area (Å²) in [7, 11) is 0. The molecular formula is C22H22NO5+. The van der Waals surface area contributed by atoms with Crippen molar-refractivity contribution in [2.75, 3.05) is 13.5 Å². The van der Waals surface area contributed by atoms with Crippen LogP contribution in [0.3, 0.4) is 0 Å². The summed E-state index contributed by atoms with van der Waals surface area (Å²) >= 11 is 0. The second kappa shape index (κ2) is 6.27. The zero-order chi connectivity index (χ0) is 19.4. The second-order valence-electron chi connectivity index (χ2n) is 7.59. The van der Waals surface area contributed by atoms with Gasteiger partial charge < -0.3 is 18.6 Å². The molecule has 3 aromatic rings. The molecule has 0 bridgehead atoms. The van der Waals surface area contributed by atoms with Crippen molar-refractivity contribution in [1.29, 1.82) is 0 Å². The van der Waals surface area contributed by atoms with Crippen molar-refractivity contribution in [3.05, 3.63) is 62.5 Å². The molecule has 1 atom stereocenters. The molecule has 3 heterocycles. The van der Waals surface area contributed by atoms with Gasteiger partial charge in [-0.2, -0.15) is 0 Å². The van der Waals surface area contributed by atoms with Crippen LogP contribution in [0.1, 0.15) is 27.8 Å². The maximum atomic E-state index is 12.1. The van der Waals surface area contributed by atoms with Gasteiger partial charge in [-0.15, -0.1) is 0 Å². The number of nitrogens with one attached hydrogen (secondary N) is 1. The molecule has 2 aromatic carbocycles. The number of hydrogen-bond donors (Lipinski definition) is 1. The summed E-state index contributed by atoms with van der Waals surface area (Å²) < 4.78 is 22.5. The third-order valence-corrected chi connectivity index (χ3v) is 5.76. The molecule has 0 amide bonds. The van der Waals surface area contributed by atoms with Gasteiger partial charge in [-0.05, 0) is 50.6 Å². The van der Waals surface area contributed by atoms with Crippen LogP contribution in [0.4, 0.5) is 0 Å². The molecule has 0 saturated carbocycles. The zero-order valence-corrected chi connectivity index (χ0v) is 16.2. The molecule has 6 heteroatoms. The number of aryl methyl sites for hydroxylation is 2. The zero-order valence-electron chi connectivity index (χ0n) is 16.2. The Kier molecular flexibility index (Phi) is 3.84. The van der Waals surface area contributed by atoms with Crippen LogP contribution in [0.5, 0.6) is 17.2 Å². The largest absolute Gasteiger partial charge is 0.454 e. The quantitative estimate of drug-likeness (QED) is 0.692.